The van der Waals surface area contributed by atoms with Crippen LogP contribution in [0.3, 0.4) is 0 Å². The first-order valence-electron chi connectivity index (χ1n) is 5.55. The molecule has 0 aliphatic carbocycles. The maximum absolute atomic E-state index is 11.1. The van der Waals surface area contributed by atoms with Gasteiger partial charge in [0.05, 0.1) is 5.02 Å². The number of nitrogens with zero attached hydrogens (tertiary/aromatic N) is 1. The monoisotopic (exact) mass is 264 g/mol. The number of aryl methyl sites for hydroxylation is 2. The van der Waals surface area contributed by atoms with Crippen LogP contribution in [0.1, 0.15) is 23.0 Å². The molecule has 1 aromatic heterocycles. The summed E-state index contributed by atoms with van der Waals surface area (Å²) in [5.41, 5.74) is 7.64. The van der Waals surface area contributed by atoms with Gasteiger partial charge in [-0.1, -0.05) is 23.7 Å². The number of primary amides is 1. The molecule has 0 aliphatic rings. The van der Waals surface area contributed by atoms with Crippen LogP contribution < -0.4 is 5.73 Å². The van der Waals surface area contributed by atoms with E-state index in [1.54, 1.807) is 23.8 Å². The third-order valence-electron chi connectivity index (χ3n) is 2.61. The number of carbonyl (C=O) groups excluding carboxylic acids is 1. The molecular weight excluding hydrogens is 248 g/mol. The van der Waals surface area contributed by atoms with E-state index in [0.29, 0.717) is 10.7 Å². The zero-order chi connectivity index (χ0) is 13.9. The maximum atomic E-state index is 11.1. The quantitative estimate of drug-likeness (QED) is 0.788. The van der Waals surface area contributed by atoms with Gasteiger partial charge in [0.2, 0.25) is 0 Å². The second-order valence-corrected chi connectivity index (χ2v) is 4.37. The van der Waals surface area contributed by atoms with Crippen LogP contribution in [0, 0.1) is 6.92 Å². The van der Waals surface area contributed by atoms with Gasteiger partial charge < -0.3 is 10.3 Å². The third-order valence-corrected chi connectivity index (χ3v) is 3.11. The highest BCUT2D eigenvalue weighted by atomic mass is 35.5. The number of benzene rings is 1. The van der Waals surface area contributed by atoms with E-state index in [1.165, 1.54) is 0 Å². The summed E-state index contributed by atoms with van der Waals surface area (Å²) in [5.74, 6) is -0.442. The predicted octanol–water partition coefficient (Wildman–Crippen LogP) is 3.43. The third kappa shape index (κ3) is 2.57. The van der Waals surface area contributed by atoms with Gasteiger partial charge in [-0.2, -0.15) is 0 Å². The van der Waals surface area contributed by atoms with Crippen molar-refractivity contribution in [2.75, 3.05) is 0 Å². The molecule has 1 amide bonds. The fraction of sp³-hybridized carbons (Fsp3) is 0.214. The van der Waals surface area contributed by atoms with Crippen LogP contribution in [0.4, 0.5) is 0 Å². The fourth-order valence-corrected chi connectivity index (χ4v) is 1.94. The molecule has 0 saturated heterocycles. The van der Waals surface area contributed by atoms with Crippen LogP contribution in [0.5, 0.6) is 0 Å². The minimum atomic E-state index is -0.442. The van der Waals surface area contributed by atoms with Crippen molar-refractivity contribution in [1.29, 1.82) is 0 Å². The number of nitrogens with two attached hydrogens (primary N) is 1. The number of amides is 1. The Hall–Kier alpha value is -1.74. The number of rotatable bonds is 1. The molecule has 3 nitrogen and oxygen atoms in total. The van der Waals surface area contributed by atoms with Gasteiger partial charge in [-0.3, -0.25) is 4.79 Å². The zero-order valence-corrected chi connectivity index (χ0v) is 11.6. The molecule has 4 heteroatoms. The summed E-state index contributed by atoms with van der Waals surface area (Å²) in [5, 5.41) is 1.54. The molecule has 0 radical (unpaired) electrons. The fourth-order valence-electron chi connectivity index (χ4n) is 1.72. The topological polar surface area (TPSA) is 48.0 Å². The van der Waals surface area contributed by atoms with Crippen molar-refractivity contribution in [3.05, 3.63) is 47.1 Å². The second kappa shape index (κ2) is 5.74. The van der Waals surface area contributed by atoms with E-state index in [9.17, 15) is 4.79 Å². The first kappa shape index (κ1) is 14.3. The largest absolute Gasteiger partial charge is 0.364 e. The normalized spacial score (nSPS) is 9.78. The van der Waals surface area contributed by atoms with Crippen LogP contribution in [0.25, 0.3) is 10.9 Å². The summed E-state index contributed by atoms with van der Waals surface area (Å²) >= 11 is 6.15. The van der Waals surface area contributed by atoms with Gasteiger partial charge in [-0.25, -0.2) is 0 Å². The lowest BCUT2D eigenvalue weighted by Crippen LogP contribution is -2.14. The summed E-state index contributed by atoms with van der Waals surface area (Å²) in [7, 11) is 1.80. The van der Waals surface area contributed by atoms with Gasteiger partial charge in [0, 0.05) is 18.0 Å². The molecule has 0 unspecified atom stereocenters. The van der Waals surface area contributed by atoms with E-state index < -0.39 is 5.91 Å². The molecule has 2 aromatic rings. The molecule has 96 valence electrons. The zero-order valence-electron chi connectivity index (χ0n) is 10.8. The summed E-state index contributed by atoms with van der Waals surface area (Å²) in [4.78, 5) is 11.1. The lowest BCUT2D eigenvalue weighted by molar-refractivity contribution is 0.0993. The first-order chi connectivity index (χ1) is 8.43. The minimum Gasteiger partial charge on any atom is -0.364 e. The van der Waals surface area contributed by atoms with Crippen molar-refractivity contribution in [2.45, 2.75) is 13.8 Å². The predicted molar refractivity (Wildman–Crippen MR) is 77.1 cm³/mol. The summed E-state index contributed by atoms with van der Waals surface area (Å²) in [6.45, 7) is 7.18. The van der Waals surface area contributed by atoms with E-state index in [1.807, 2.05) is 26.0 Å². The number of aromatic nitrogens is 1. The summed E-state index contributed by atoms with van der Waals surface area (Å²) in [6, 6.07) is 5.59. The van der Waals surface area contributed by atoms with Crippen molar-refractivity contribution < 1.29 is 4.79 Å². The second-order valence-electron chi connectivity index (χ2n) is 3.99. The maximum Gasteiger partial charge on any atom is 0.265 e. The van der Waals surface area contributed by atoms with Crippen LogP contribution in [0.2, 0.25) is 5.02 Å². The Labute approximate surface area is 112 Å². The Morgan fingerprint density at radius 3 is 2.56 bits per heavy atom. The molecule has 1 heterocycles. The Morgan fingerprint density at radius 2 is 2.06 bits per heavy atom. The van der Waals surface area contributed by atoms with Crippen molar-refractivity contribution >= 4 is 28.4 Å². The highest BCUT2D eigenvalue weighted by molar-refractivity contribution is 6.36. The highest BCUT2D eigenvalue weighted by Gasteiger charge is 2.12. The van der Waals surface area contributed by atoms with Crippen molar-refractivity contribution in [3.63, 3.8) is 0 Å². The van der Waals surface area contributed by atoms with Gasteiger partial charge in [-0.05, 0) is 31.5 Å². The first-order valence-corrected chi connectivity index (χ1v) is 5.93. The minimum absolute atomic E-state index is 0.442. The van der Waals surface area contributed by atoms with Gasteiger partial charge in [0.1, 0.15) is 5.69 Å². The Balaban J connectivity index is 0.000000492. The highest BCUT2D eigenvalue weighted by Crippen LogP contribution is 2.28. The van der Waals surface area contributed by atoms with Gasteiger partial charge >= 0.3 is 0 Å². The van der Waals surface area contributed by atoms with Gasteiger partial charge in [-0.15, -0.1) is 6.58 Å². The van der Waals surface area contributed by atoms with Crippen LogP contribution in [-0.4, -0.2) is 10.5 Å². The average Bonchev–Trinajstić information content (AvgIpc) is 2.63. The molecule has 0 spiro atoms. The van der Waals surface area contributed by atoms with E-state index in [2.05, 4.69) is 6.58 Å². The molecule has 0 fully saturated rings. The lowest BCUT2D eigenvalue weighted by Gasteiger charge is -2.01. The molecule has 0 atom stereocenters. The molecule has 1 aromatic carbocycles. The summed E-state index contributed by atoms with van der Waals surface area (Å²) < 4.78 is 1.75. The van der Waals surface area contributed by atoms with Crippen molar-refractivity contribution in [2.24, 2.45) is 12.8 Å². The number of halogens is 1. The number of hydrogen-bond acceptors (Lipinski definition) is 1. The number of carbonyl (C=O) groups is 1. The van der Waals surface area contributed by atoms with E-state index >= 15 is 0 Å². The van der Waals surface area contributed by atoms with E-state index in [0.717, 1.165) is 16.5 Å². The molecule has 0 saturated carbocycles. The van der Waals surface area contributed by atoms with E-state index in [-0.39, 0.29) is 0 Å². The van der Waals surface area contributed by atoms with Crippen molar-refractivity contribution in [1.82, 2.24) is 4.57 Å². The molecule has 0 aliphatic heterocycles. The van der Waals surface area contributed by atoms with Crippen LogP contribution >= 0.6 is 11.6 Å². The van der Waals surface area contributed by atoms with Crippen LogP contribution in [-0.2, 0) is 7.05 Å². The smallest absolute Gasteiger partial charge is 0.265 e. The molecule has 18 heavy (non-hydrogen) atoms. The number of fused-ring (bicyclic) bond motifs is 1. The SMILES string of the molecule is C=CC.Cc1ccc2c(cc(C(N)=O)n2C)c1Cl. The van der Waals surface area contributed by atoms with E-state index in [4.69, 9.17) is 17.3 Å². The molecule has 2 rings (SSSR count). The standard InChI is InChI=1S/C11H11ClN2O.C3H6/c1-6-3-4-8-7(10(6)12)5-9(11(13)15)14(8)2;1-3-2/h3-5H,1-2H3,(H2,13,15);3H,1H2,2H3. The number of hydrogen-bond donors (Lipinski definition) is 1. The summed E-state index contributed by atoms with van der Waals surface area (Å²) in [6.07, 6.45) is 1.75. The number of allylic oxidation sites excluding steroid dienone is 1. The average molecular weight is 265 g/mol. The molecular formula is C14H17ClN2O. The molecule has 0 bridgehead atoms. The van der Waals surface area contributed by atoms with Gasteiger partial charge in [0.25, 0.3) is 5.91 Å². The van der Waals surface area contributed by atoms with Gasteiger partial charge in [0.15, 0.2) is 0 Å². The molecule has 2 N–H and O–H groups in total. The van der Waals surface area contributed by atoms with Crippen LogP contribution in [0.15, 0.2) is 30.9 Å². The van der Waals surface area contributed by atoms with Crippen molar-refractivity contribution in [3.8, 4) is 0 Å². The Bertz CT molecular complexity index is 599. The Kier molecular flexibility index (Phi) is 4.56. The Morgan fingerprint density at radius 1 is 1.50 bits per heavy atom. The lowest BCUT2D eigenvalue weighted by atomic mass is 10.2.